The van der Waals surface area contributed by atoms with Crippen molar-refractivity contribution in [3.63, 3.8) is 0 Å². The molecule has 0 fully saturated rings. The van der Waals surface area contributed by atoms with Crippen LogP contribution < -0.4 is 4.72 Å². The highest BCUT2D eigenvalue weighted by atomic mass is 32.2. The minimum absolute atomic E-state index is 0.116. The number of aromatic nitrogens is 2. The lowest BCUT2D eigenvalue weighted by molar-refractivity contribution is 0.595. The molecular weight excluding hydrogens is 317 g/mol. The third-order valence-electron chi connectivity index (χ3n) is 3.19. The third-order valence-corrected chi connectivity index (χ3v) is 4.57. The summed E-state index contributed by atoms with van der Waals surface area (Å²) in [5.41, 5.74) is 1.31. The summed E-state index contributed by atoms with van der Waals surface area (Å²) in [6.07, 6.45) is 3.50. The Labute approximate surface area is 133 Å². The second kappa shape index (κ2) is 6.21. The Kier molecular flexibility index (Phi) is 4.12. The van der Waals surface area contributed by atoms with Crippen molar-refractivity contribution in [2.45, 2.75) is 11.4 Å². The lowest BCUT2D eigenvalue weighted by Gasteiger charge is -2.10. The summed E-state index contributed by atoms with van der Waals surface area (Å²) in [5, 5.41) is 4.11. The molecule has 0 aliphatic heterocycles. The fraction of sp³-hybridized carbons (Fsp3) is 0.0625. The molecule has 0 atom stereocenters. The molecule has 3 rings (SSSR count). The molecule has 0 unspecified atom stereocenters. The molecule has 0 radical (unpaired) electrons. The largest absolute Gasteiger partial charge is 0.280 e. The lowest BCUT2D eigenvalue weighted by Crippen LogP contribution is -2.13. The smallest absolute Gasteiger partial charge is 0.261 e. The van der Waals surface area contributed by atoms with Crippen molar-refractivity contribution in [1.82, 2.24) is 9.78 Å². The van der Waals surface area contributed by atoms with Crippen LogP contribution >= 0.6 is 0 Å². The summed E-state index contributed by atoms with van der Waals surface area (Å²) in [5.74, 6) is -0.597. The van der Waals surface area contributed by atoms with Crippen LogP contribution in [-0.2, 0) is 16.6 Å². The molecule has 2 aromatic carbocycles. The van der Waals surface area contributed by atoms with E-state index in [0.29, 0.717) is 12.2 Å². The summed E-state index contributed by atoms with van der Waals surface area (Å²) in [7, 11) is -3.83. The van der Waals surface area contributed by atoms with Gasteiger partial charge in [0.15, 0.2) is 0 Å². The van der Waals surface area contributed by atoms with Crippen LogP contribution in [0.25, 0.3) is 0 Å². The fourth-order valence-corrected chi connectivity index (χ4v) is 3.24. The van der Waals surface area contributed by atoms with E-state index in [2.05, 4.69) is 9.82 Å². The van der Waals surface area contributed by atoms with Crippen LogP contribution in [0.5, 0.6) is 0 Å². The highest BCUT2D eigenvalue weighted by molar-refractivity contribution is 7.92. The molecule has 0 saturated heterocycles. The lowest BCUT2D eigenvalue weighted by atomic mass is 10.2. The normalized spacial score (nSPS) is 11.3. The number of hydrogen-bond acceptors (Lipinski definition) is 3. The van der Waals surface area contributed by atoms with Gasteiger partial charge in [0, 0.05) is 18.1 Å². The third kappa shape index (κ3) is 3.75. The van der Waals surface area contributed by atoms with Gasteiger partial charge >= 0.3 is 0 Å². The van der Waals surface area contributed by atoms with Crippen LogP contribution in [-0.4, -0.2) is 18.2 Å². The molecule has 0 amide bonds. The van der Waals surface area contributed by atoms with Gasteiger partial charge in [0.05, 0.1) is 11.4 Å². The number of sulfonamides is 1. The summed E-state index contributed by atoms with van der Waals surface area (Å²) in [4.78, 5) is -0.116. The molecule has 1 N–H and O–H groups in total. The van der Waals surface area contributed by atoms with E-state index in [9.17, 15) is 12.8 Å². The maximum Gasteiger partial charge on any atom is 0.261 e. The zero-order valence-electron chi connectivity index (χ0n) is 12.1. The van der Waals surface area contributed by atoms with E-state index < -0.39 is 15.8 Å². The first kappa shape index (κ1) is 15.2. The summed E-state index contributed by atoms with van der Waals surface area (Å²) in [6, 6.07) is 13.7. The van der Waals surface area contributed by atoms with Crippen LogP contribution in [0.4, 0.5) is 10.1 Å². The summed E-state index contributed by atoms with van der Waals surface area (Å²) >= 11 is 0. The molecule has 0 aliphatic carbocycles. The van der Waals surface area contributed by atoms with Gasteiger partial charge in [-0.05, 0) is 42.0 Å². The van der Waals surface area contributed by atoms with E-state index >= 15 is 0 Å². The zero-order chi connectivity index (χ0) is 16.3. The molecule has 5 nitrogen and oxygen atoms in total. The zero-order valence-corrected chi connectivity index (χ0v) is 12.9. The Morgan fingerprint density at radius 1 is 1.09 bits per heavy atom. The molecule has 1 aromatic heterocycles. The van der Waals surface area contributed by atoms with Crippen molar-refractivity contribution < 1.29 is 12.8 Å². The van der Waals surface area contributed by atoms with Gasteiger partial charge in [-0.1, -0.05) is 18.2 Å². The first-order valence-corrected chi connectivity index (χ1v) is 8.36. The Morgan fingerprint density at radius 3 is 2.65 bits per heavy atom. The quantitative estimate of drug-likeness (QED) is 0.782. The van der Waals surface area contributed by atoms with Crippen LogP contribution in [0.2, 0.25) is 0 Å². The Hall–Kier alpha value is -2.67. The van der Waals surface area contributed by atoms with Crippen LogP contribution in [0.3, 0.4) is 0 Å². The SMILES string of the molecule is O=S(=O)(Nc1cccc(Cn2cccn2)c1)c1cccc(F)c1. The second-order valence-corrected chi connectivity index (χ2v) is 6.65. The van der Waals surface area contributed by atoms with E-state index in [4.69, 9.17) is 0 Å². The summed E-state index contributed by atoms with van der Waals surface area (Å²) < 4.78 is 42.0. The highest BCUT2D eigenvalue weighted by Crippen LogP contribution is 2.18. The van der Waals surface area contributed by atoms with E-state index in [1.165, 1.54) is 18.2 Å². The van der Waals surface area contributed by atoms with Crippen molar-refractivity contribution in [3.05, 3.63) is 78.4 Å². The molecule has 1 heterocycles. The number of rotatable bonds is 5. The second-order valence-electron chi connectivity index (χ2n) is 4.97. The standard InChI is InChI=1S/C16H14FN3O2S/c17-14-5-2-7-16(11-14)23(21,22)19-15-6-1-4-13(10-15)12-20-9-3-8-18-20/h1-11,19H,12H2. The number of anilines is 1. The van der Waals surface area contributed by atoms with Gasteiger partial charge in [-0.3, -0.25) is 9.40 Å². The van der Waals surface area contributed by atoms with Crippen molar-refractivity contribution in [1.29, 1.82) is 0 Å². The summed E-state index contributed by atoms with van der Waals surface area (Å²) in [6.45, 7) is 0.530. The first-order chi connectivity index (χ1) is 11.0. The van der Waals surface area contributed by atoms with E-state index in [1.807, 2.05) is 18.3 Å². The molecular formula is C16H14FN3O2S. The minimum Gasteiger partial charge on any atom is -0.280 e. The van der Waals surface area contributed by atoms with Crippen LogP contribution in [0.1, 0.15) is 5.56 Å². The number of nitrogens with zero attached hydrogens (tertiary/aromatic N) is 2. The number of benzene rings is 2. The van der Waals surface area contributed by atoms with Crippen molar-refractivity contribution in [2.75, 3.05) is 4.72 Å². The molecule has 7 heteroatoms. The molecule has 3 aromatic rings. The predicted molar refractivity (Wildman–Crippen MR) is 85.0 cm³/mol. The van der Waals surface area contributed by atoms with Crippen molar-refractivity contribution in [3.8, 4) is 0 Å². The van der Waals surface area contributed by atoms with E-state index in [1.54, 1.807) is 29.1 Å². The van der Waals surface area contributed by atoms with Crippen LogP contribution in [0, 0.1) is 5.82 Å². The fourth-order valence-electron chi connectivity index (χ4n) is 2.16. The van der Waals surface area contributed by atoms with Gasteiger partial charge in [-0.25, -0.2) is 12.8 Å². The monoisotopic (exact) mass is 331 g/mol. The van der Waals surface area contributed by atoms with Gasteiger partial charge in [0.1, 0.15) is 5.82 Å². The van der Waals surface area contributed by atoms with Crippen molar-refractivity contribution in [2.24, 2.45) is 0 Å². The van der Waals surface area contributed by atoms with Gasteiger partial charge in [-0.2, -0.15) is 5.10 Å². The maximum atomic E-state index is 13.2. The molecule has 0 saturated carbocycles. The van der Waals surface area contributed by atoms with Crippen molar-refractivity contribution >= 4 is 15.7 Å². The minimum atomic E-state index is -3.83. The Bertz CT molecular complexity index is 909. The molecule has 23 heavy (non-hydrogen) atoms. The average Bonchev–Trinajstić information content (AvgIpc) is 3.00. The van der Waals surface area contributed by atoms with Gasteiger partial charge in [0.25, 0.3) is 10.0 Å². The van der Waals surface area contributed by atoms with Gasteiger partial charge < -0.3 is 0 Å². The molecule has 118 valence electrons. The Morgan fingerprint density at radius 2 is 1.91 bits per heavy atom. The average molecular weight is 331 g/mol. The number of halogens is 1. The van der Waals surface area contributed by atoms with Gasteiger partial charge in [0.2, 0.25) is 0 Å². The van der Waals surface area contributed by atoms with E-state index in [-0.39, 0.29) is 4.90 Å². The Balaban J connectivity index is 1.82. The van der Waals surface area contributed by atoms with E-state index in [0.717, 1.165) is 11.6 Å². The predicted octanol–water partition coefficient (Wildman–Crippen LogP) is 2.87. The topological polar surface area (TPSA) is 64.0 Å². The van der Waals surface area contributed by atoms with Gasteiger partial charge in [-0.15, -0.1) is 0 Å². The number of nitrogens with one attached hydrogen (secondary N) is 1. The first-order valence-electron chi connectivity index (χ1n) is 6.88. The number of hydrogen-bond donors (Lipinski definition) is 1. The molecule has 0 bridgehead atoms. The molecule has 0 spiro atoms. The van der Waals surface area contributed by atoms with Crippen LogP contribution in [0.15, 0.2) is 71.9 Å². The maximum absolute atomic E-state index is 13.2. The molecule has 0 aliphatic rings. The highest BCUT2D eigenvalue weighted by Gasteiger charge is 2.15.